The van der Waals surface area contributed by atoms with Gasteiger partial charge < -0.3 is 4.74 Å². The fourth-order valence-electron chi connectivity index (χ4n) is 1.76. The molecule has 2 aromatic rings. The Morgan fingerprint density at radius 1 is 1.13 bits per heavy atom. The maximum Gasteiger partial charge on any atom is 0.118 e. The molecule has 0 fully saturated rings. The third kappa shape index (κ3) is 6.76. The first-order chi connectivity index (χ1) is 11.2. The second-order valence-electron chi connectivity index (χ2n) is 4.80. The van der Waals surface area contributed by atoms with E-state index in [2.05, 4.69) is 35.7 Å². The second kappa shape index (κ2) is 10.2. The lowest BCUT2D eigenvalue weighted by Gasteiger charge is -2.02. The minimum absolute atomic E-state index is 0.847. The van der Waals surface area contributed by atoms with Crippen LogP contribution in [0.3, 0.4) is 0 Å². The number of hydrogen-bond donors (Lipinski definition) is 0. The van der Waals surface area contributed by atoms with Crippen molar-refractivity contribution in [2.45, 2.75) is 17.6 Å². The van der Waals surface area contributed by atoms with Gasteiger partial charge >= 0.3 is 0 Å². The molecule has 1 nitrogen and oxygen atoms in total. The molecule has 0 amide bonds. The van der Waals surface area contributed by atoms with Crippen LogP contribution < -0.4 is 4.74 Å². The average Bonchev–Trinajstić information content (AvgIpc) is 2.57. The monoisotopic (exact) mass is 382 g/mol. The molecule has 0 saturated carbocycles. The first-order valence-corrected chi connectivity index (χ1v) is 10.9. The van der Waals surface area contributed by atoms with Gasteiger partial charge in [-0.2, -0.15) is 0 Å². The molecule has 0 aliphatic rings. The maximum absolute atomic E-state index is 6.13. The Morgan fingerprint density at radius 2 is 1.91 bits per heavy atom. The Bertz CT molecular complexity index is 641. The van der Waals surface area contributed by atoms with Crippen LogP contribution in [0.5, 0.6) is 5.75 Å². The first kappa shape index (κ1) is 18.7. The fourth-order valence-corrected chi connectivity index (χ4v) is 4.52. The van der Waals surface area contributed by atoms with E-state index in [1.54, 1.807) is 17.9 Å². The zero-order valence-corrected chi connectivity index (χ0v) is 16.3. The van der Waals surface area contributed by atoms with E-state index in [9.17, 15) is 0 Å². The third-order valence-electron chi connectivity index (χ3n) is 3.09. The van der Waals surface area contributed by atoms with Crippen molar-refractivity contribution in [1.29, 1.82) is 0 Å². The molecule has 2 rings (SSSR count). The molecule has 5 heteroatoms. The quantitative estimate of drug-likeness (QED) is 0.280. The van der Waals surface area contributed by atoms with Crippen molar-refractivity contribution in [3.63, 3.8) is 0 Å². The molecule has 0 aliphatic carbocycles. The summed E-state index contributed by atoms with van der Waals surface area (Å²) in [6.45, 7) is 2.03. The summed E-state index contributed by atoms with van der Waals surface area (Å²) in [5, 5.41) is 3.00. The zero-order chi connectivity index (χ0) is 16.5. The number of halogens is 1. The Morgan fingerprint density at radius 3 is 2.61 bits per heavy atom. The van der Waals surface area contributed by atoms with Crippen molar-refractivity contribution in [2.75, 3.05) is 12.9 Å². The van der Waals surface area contributed by atoms with E-state index in [4.69, 9.17) is 16.3 Å². The number of methoxy groups -OCH3 is 1. The summed E-state index contributed by atoms with van der Waals surface area (Å²) in [4.78, 5) is 1.25. The lowest BCUT2D eigenvalue weighted by molar-refractivity contribution is 0.414. The minimum atomic E-state index is 0.847. The second-order valence-corrected chi connectivity index (χ2v) is 8.57. The van der Waals surface area contributed by atoms with Crippen LogP contribution in [0.15, 0.2) is 58.8 Å². The molecule has 0 bridgehead atoms. The summed E-state index contributed by atoms with van der Waals surface area (Å²) in [6.07, 6.45) is 2.19. The van der Waals surface area contributed by atoms with Gasteiger partial charge in [0, 0.05) is 21.4 Å². The molecule has 122 valence electrons. The summed E-state index contributed by atoms with van der Waals surface area (Å²) in [6, 6.07) is 14.4. The van der Waals surface area contributed by atoms with Gasteiger partial charge in [-0.3, -0.25) is 0 Å². The summed E-state index contributed by atoms with van der Waals surface area (Å²) in [5.41, 5.74) is 2.39. The summed E-state index contributed by atoms with van der Waals surface area (Å²) in [5.74, 6) is 2.82. The van der Waals surface area contributed by atoms with E-state index >= 15 is 0 Å². The van der Waals surface area contributed by atoms with Crippen molar-refractivity contribution < 1.29 is 4.74 Å². The van der Waals surface area contributed by atoms with E-state index in [0.717, 1.165) is 27.8 Å². The standard InChI is InChI=1S/C18H19ClOS3/c1-14-4-5-15(12-18(14)19)13-23-22-11-3-10-21-17-8-6-16(20-2)7-9-17/h3-9,11-12H,10,13H2,1-2H3/b11-3-. The van der Waals surface area contributed by atoms with Gasteiger partial charge in [0.25, 0.3) is 0 Å². The van der Waals surface area contributed by atoms with Crippen molar-refractivity contribution in [1.82, 2.24) is 0 Å². The minimum Gasteiger partial charge on any atom is -0.497 e. The Kier molecular flexibility index (Phi) is 8.31. The molecule has 0 aromatic heterocycles. The highest BCUT2D eigenvalue weighted by Crippen LogP contribution is 2.29. The number of hydrogen-bond acceptors (Lipinski definition) is 4. The predicted octanol–water partition coefficient (Wildman–Crippen LogP) is 6.84. The number of rotatable bonds is 8. The molecule has 0 atom stereocenters. The van der Waals surface area contributed by atoms with E-state index in [1.807, 2.05) is 47.7 Å². The van der Waals surface area contributed by atoms with Gasteiger partial charge in [-0.05, 0) is 53.8 Å². The molecule has 0 unspecified atom stereocenters. The first-order valence-electron chi connectivity index (χ1n) is 7.14. The smallest absolute Gasteiger partial charge is 0.118 e. The van der Waals surface area contributed by atoms with Gasteiger partial charge in [0.05, 0.1) is 7.11 Å². The zero-order valence-electron chi connectivity index (χ0n) is 13.1. The van der Waals surface area contributed by atoms with Crippen LogP contribution >= 0.6 is 45.0 Å². The van der Waals surface area contributed by atoms with Crippen molar-refractivity contribution in [3.8, 4) is 5.75 Å². The van der Waals surface area contributed by atoms with Crippen molar-refractivity contribution in [3.05, 3.63) is 70.1 Å². The number of benzene rings is 2. The molecule has 0 aliphatic heterocycles. The summed E-state index contributed by atoms with van der Waals surface area (Å²) in [7, 11) is 5.26. The highest BCUT2D eigenvalue weighted by atomic mass is 35.5. The van der Waals surface area contributed by atoms with Crippen LogP contribution in [0.25, 0.3) is 0 Å². The number of aryl methyl sites for hydroxylation is 1. The summed E-state index contributed by atoms with van der Waals surface area (Å²) >= 11 is 7.95. The number of thioether (sulfide) groups is 1. The number of ether oxygens (including phenoxy) is 1. The fraction of sp³-hybridized carbons (Fsp3) is 0.222. The van der Waals surface area contributed by atoms with Crippen LogP contribution in [0.1, 0.15) is 11.1 Å². The van der Waals surface area contributed by atoms with Crippen LogP contribution in [-0.4, -0.2) is 12.9 Å². The van der Waals surface area contributed by atoms with E-state index < -0.39 is 0 Å². The largest absolute Gasteiger partial charge is 0.497 e. The van der Waals surface area contributed by atoms with Crippen LogP contribution in [0.4, 0.5) is 0 Å². The van der Waals surface area contributed by atoms with Gasteiger partial charge in [-0.15, -0.1) is 11.8 Å². The summed E-state index contributed by atoms with van der Waals surface area (Å²) < 4.78 is 5.15. The van der Waals surface area contributed by atoms with E-state index in [-0.39, 0.29) is 0 Å². The van der Waals surface area contributed by atoms with Gasteiger partial charge in [-0.25, -0.2) is 0 Å². The highest BCUT2D eigenvalue weighted by molar-refractivity contribution is 8.77. The lowest BCUT2D eigenvalue weighted by Crippen LogP contribution is -1.81. The van der Waals surface area contributed by atoms with Crippen LogP contribution in [-0.2, 0) is 5.75 Å². The van der Waals surface area contributed by atoms with Crippen molar-refractivity contribution >= 4 is 45.0 Å². The van der Waals surface area contributed by atoms with Gasteiger partial charge in [0.1, 0.15) is 5.75 Å². The lowest BCUT2D eigenvalue weighted by atomic mass is 10.2. The molecule has 0 saturated heterocycles. The molecular formula is C18H19ClOS3. The van der Waals surface area contributed by atoms with E-state index in [0.29, 0.717) is 0 Å². The normalized spacial score (nSPS) is 11.1. The Hall–Kier alpha value is -0.680. The van der Waals surface area contributed by atoms with E-state index in [1.165, 1.54) is 10.5 Å². The maximum atomic E-state index is 6.13. The van der Waals surface area contributed by atoms with Crippen LogP contribution in [0.2, 0.25) is 5.02 Å². The molecule has 23 heavy (non-hydrogen) atoms. The molecule has 0 spiro atoms. The van der Waals surface area contributed by atoms with Gasteiger partial charge in [-0.1, -0.05) is 51.4 Å². The molecule has 2 aromatic carbocycles. The molecule has 0 radical (unpaired) electrons. The molecule has 0 N–H and O–H groups in total. The average molecular weight is 383 g/mol. The molecule has 0 heterocycles. The highest BCUT2D eigenvalue weighted by Gasteiger charge is 1.98. The van der Waals surface area contributed by atoms with Crippen LogP contribution in [0, 0.1) is 6.92 Å². The topological polar surface area (TPSA) is 9.23 Å². The van der Waals surface area contributed by atoms with Gasteiger partial charge in [0.15, 0.2) is 0 Å². The predicted molar refractivity (Wildman–Crippen MR) is 108 cm³/mol. The Balaban J connectivity index is 1.63. The molecular weight excluding hydrogens is 364 g/mol. The van der Waals surface area contributed by atoms with Crippen molar-refractivity contribution in [2.24, 2.45) is 0 Å². The Labute approximate surface area is 155 Å². The van der Waals surface area contributed by atoms with Gasteiger partial charge in [0.2, 0.25) is 0 Å². The SMILES string of the molecule is COc1ccc(SC/C=C\SSCc2ccc(C)c(Cl)c2)cc1. The third-order valence-corrected chi connectivity index (χ3v) is 6.45.